The van der Waals surface area contributed by atoms with Crippen LogP contribution >= 0.6 is 7.60 Å². The third kappa shape index (κ3) is 6.59. The van der Waals surface area contributed by atoms with E-state index in [1.165, 1.54) is 0 Å². The van der Waals surface area contributed by atoms with Crippen molar-refractivity contribution in [3.63, 3.8) is 0 Å². The van der Waals surface area contributed by atoms with Gasteiger partial charge in [0.1, 0.15) is 0 Å². The third-order valence-corrected chi connectivity index (χ3v) is 4.25. The maximum Gasteiger partial charge on any atom is 0.328 e. The highest BCUT2D eigenvalue weighted by Gasteiger charge is 2.28. The Morgan fingerprint density at radius 2 is 1.18 bits per heavy atom. The lowest BCUT2D eigenvalue weighted by molar-refractivity contribution is 0.0729. The third-order valence-electron chi connectivity index (χ3n) is 2.95. The Labute approximate surface area is 107 Å². The van der Waals surface area contributed by atoms with Gasteiger partial charge in [0.05, 0.1) is 12.2 Å². The smallest absolute Gasteiger partial charge is 0.305 e. The van der Waals surface area contributed by atoms with Gasteiger partial charge in [-0.25, -0.2) is 0 Å². The first-order chi connectivity index (χ1) is 7.73. The summed E-state index contributed by atoms with van der Waals surface area (Å²) in [5, 5.41) is 0. The lowest BCUT2D eigenvalue weighted by atomic mass is 10.1. The van der Waals surface area contributed by atoms with Crippen molar-refractivity contribution in [2.45, 2.75) is 66.6 Å². The normalized spacial score (nSPS) is 19.4. The van der Waals surface area contributed by atoms with Crippen molar-refractivity contribution in [3.8, 4) is 0 Å². The van der Waals surface area contributed by atoms with Crippen molar-refractivity contribution in [2.24, 2.45) is 11.8 Å². The van der Waals surface area contributed by atoms with Gasteiger partial charge in [0.2, 0.25) is 0 Å². The Kier molecular flexibility index (Phi) is 7.62. The first kappa shape index (κ1) is 17.2. The molecule has 17 heavy (non-hydrogen) atoms. The quantitative estimate of drug-likeness (QED) is 0.595. The molecule has 0 aromatic rings. The van der Waals surface area contributed by atoms with Crippen molar-refractivity contribution in [1.29, 1.82) is 0 Å². The van der Waals surface area contributed by atoms with E-state index in [2.05, 4.69) is 27.7 Å². The summed E-state index contributed by atoms with van der Waals surface area (Å²) in [7, 11) is -2.95. The SMILES string of the molecule is CCC(OP(C)(=O)OC(CC)C(C)C)C(C)C. The first-order valence-electron chi connectivity index (χ1n) is 6.67. The zero-order chi connectivity index (χ0) is 13.6. The van der Waals surface area contributed by atoms with Crippen LogP contribution in [0, 0.1) is 11.8 Å². The Bertz CT molecular complexity index is 229. The molecule has 104 valence electrons. The van der Waals surface area contributed by atoms with Crippen LogP contribution < -0.4 is 0 Å². The predicted octanol–water partition coefficient (Wildman–Crippen LogP) is 4.71. The topological polar surface area (TPSA) is 35.5 Å². The largest absolute Gasteiger partial charge is 0.328 e. The van der Waals surface area contributed by atoms with Gasteiger partial charge in [-0.3, -0.25) is 4.57 Å². The standard InChI is InChI=1S/C13H29O3P/c1-8-12(10(3)4)15-17(7,14)16-13(9-2)11(5)6/h10-13H,8-9H2,1-7H3. The molecule has 2 unspecified atom stereocenters. The summed E-state index contributed by atoms with van der Waals surface area (Å²) >= 11 is 0. The van der Waals surface area contributed by atoms with Crippen LogP contribution in [-0.4, -0.2) is 18.9 Å². The lowest BCUT2D eigenvalue weighted by Gasteiger charge is -2.28. The molecule has 0 aliphatic carbocycles. The van der Waals surface area contributed by atoms with Crippen molar-refractivity contribution in [3.05, 3.63) is 0 Å². The molecule has 0 radical (unpaired) electrons. The van der Waals surface area contributed by atoms with Crippen molar-refractivity contribution in [1.82, 2.24) is 0 Å². The van der Waals surface area contributed by atoms with Gasteiger partial charge < -0.3 is 9.05 Å². The highest BCUT2D eigenvalue weighted by atomic mass is 31.2. The van der Waals surface area contributed by atoms with Crippen LogP contribution in [0.1, 0.15) is 54.4 Å². The van der Waals surface area contributed by atoms with E-state index < -0.39 is 7.60 Å². The second-order valence-corrected chi connectivity index (χ2v) is 7.33. The number of rotatable bonds is 8. The zero-order valence-corrected chi connectivity index (χ0v) is 13.3. The molecule has 0 aliphatic rings. The fourth-order valence-electron chi connectivity index (χ4n) is 1.85. The van der Waals surface area contributed by atoms with Crippen LogP contribution in [-0.2, 0) is 13.6 Å². The van der Waals surface area contributed by atoms with Crippen LogP contribution in [0.5, 0.6) is 0 Å². The summed E-state index contributed by atoms with van der Waals surface area (Å²) in [4.78, 5) is 0. The highest BCUT2D eigenvalue weighted by molar-refractivity contribution is 7.53. The summed E-state index contributed by atoms with van der Waals surface area (Å²) in [6.07, 6.45) is 1.74. The van der Waals surface area contributed by atoms with E-state index >= 15 is 0 Å². The molecule has 0 saturated carbocycles. The number of hydrogen-bond donors (Lipinski definition) is 0. The number of hydrogen-bond acceptors (Lipinski definition) is 3. The maximum atomic E-state index is 12.3. The average molecular weight is 264 g/mol. The van der Waals surface area contributed by atoms with E-state index in [0.29, 0.717) is 11.8 Å². The molecule has 0 aromatic heterocycles. The van der Waals surface area contributed by atoms with Gasteiger partial charge in [-0.15, -0.1) is 0 Å². The van der Waals surface area contributed by atoms with E-state index in [9.17, 15) is 4.57 Å². The van der Waals surface area contributed by atoms with Crippen LogP contribution in [0.2, 0.25) is 0 Å². The minimum Gasteiger partial charge on any atom is -0.305 e. The Hall–Kier alpha value is 0.150. The van der Waals surface area contributed by atoms with Crippen molar-refractivity contribution >= 4 is 7.60 Å². The summed E-state index contributed by atoms with van der Waals surface area (Å²) in [5.41, 5.74) is 0. The minimum absolute atomic E-state index is 0.00972. The van der Waals surface area contributed by atoms with Crippen LogP contribution in [0.25, 0.3) is 0 Å². The fourth-order valence-corrected chi connectivity index (χ4v) is 3.67. The highest BCUT2D eigenvalue weighted by Crippen LogP contribution is 2.49. The molecule has 0 spiro atoms. The second kappa shape index (κ2) is 7.56. The Morgan fingerprint density at radius 1 is 0.882 bits per heavy atom. The summed E-state index contributed by atoms with van der Waals surface area (Å²) in [5.74, 6) is 0.715. The van der Waals surface area contributed by atoms with E-state index in [1.54, 1.807) is 6.66 Å². The van der Waals surface area contributed by atoms with Gasteiger partial charge in [0, 0.05) is 6.66 Å². The van der Waals surface area contributed by atoms with Crippen LogP contribution in [0.3, 0.4) is 0 Å². The molecule has 0 aliphatic heterocycles. The molecular weight excluding hydrogens is 235 g/mol. The van der Waals surface area contributed by atoms with Gasteiger partial charge in [-0.05, 0) is 24.7 Å². The van der Waals surface area contributed by atoms with E-state index in [-0.39, 0.29) is 12.2 Å². The maximum absolute atomic E-state index is 12.3. The molecule has 3 nitrogen and oxygen atoms in total. The van der Waals surface area contributed by atoms with Crippen molar-refractivity contribution in [2.75, 3.05) is 6.66 Å². The van der Waals surface area contributed by atoms with Gasteiger partial charge in [0.15, 0.2) is 0 Å². The van der Waals surface area contributed by atoms with E-state index in [1.807, 2.05) is 13.8 Å². The molecule has 2 atom stereocenters. The molecule has 0 heterocycles. The minimum atomic E-state index is -2.95. The molecule has 0 N–H and O–H groups in total. The fraction of sp³-hybridized carbons (Fsp3) is 1.00. The summed E-state index contributed by atoms with van der Waals surface area (Å²) in [6, 6.07) is 0. The lowest BCUT2D eigenvalue weighted by Crippen LogP contribution is -2.22. The molecule has 0 bridgehead atoms. The summed E-state index contributed by atoms with van der Waals surface area (Å²) < 4.78 is 23.6. The van der Waals surface area contributed by atoms with E-state index in [0.717, 1.165) is 12.8 Å². The summed E-state index contributed by atoms with van der Waals surface area (Å²) in [6.45, 7) is 14.0. The Morgan fingerprint density at radius 3 is 1.35 bits per heavy atom. The van der Waals surface area contributed by atoms with Crippen LogP contribution in [0.15, 0.2) is 0 Å². The van der Waals surface area contributed by atoms with Gasteiger partial charge in [-0.1, -0.05) is 41.5 Å². The van der Waals surface area contributed by atoms with Crippen molar-refractivity contribution < 1.29 is 13.6 Å². The molecular formula is C13H29O3P. The molecule has 0 saturated heterocycles. The molecule has 4 heteroatoms. The molecule has 0 aromatic carbocycles. The van der Waals surface area contributed by atoms with Crippen LogP contribution in [0.4, 0.5) is 0 Å². The molecule has 0 fully saturated rings. The van der Waals surface area contributed by atoms with E-state index in [4.69, 9.17) is 9.05 Å². The van der Waals surface area contributed by atoms with Gasteiger partial charge in [-0.2, -0.15) is 0 Å². The average Bonchev–Trinajstić information content (AvgIpc) is 2.22. The molecule has 0 rings (SSSR count). The first-order valence-corrected chi connectivity index (χ1v) is 8.66. The predicted molar refractivity (Wildman–Crippen MR) is 73.5 cm³/mol. The van der Waals surface area contributed by atoms with Gasteiger partial charge >= 0.3 is 7.60 Å². The Balaban J connectivity index is 4.51. The zero-order valence-electron chi connectivity index (χ0n) is 12.4. The van der Waals surface area contributed by atoms with Gasteiger partial charge in [0.25, 0.3) is 0 Å². The second-order valence-electron chi connectivity index (χ2n) is 5.36. The monoisotopic (exact) mass is 264 g/mol. The molecule has 0 amide bonds.